The van der Waals surface area contributed by atoms with Gasteiger partial charge >= 0.3 is 0 Å². The van der Waals surface area contributed by atoms with Gasteiger partial charge in [-0.2, -0.15) is 0 Å². The van der Waals surface area contributed by atoms with E-state index in [0.29, 0.717) is 17.3 Å². The van der Waals surface area contributed by atoms with E-state index >= 15 is 0 Å². The first-order chi connectivity index (χ1) is 11.4. The molecule has 2 N–H and O–H groups in total. The molecule has 24 heavy (non-hydrogen) atoms. The lowest BCUT2D eigenvalue weighted by molar-refractivity contribution is 0.569. The molecule has 0 atom stereocenters. The highest BCUT2D eigenvalue weighted by atomic mass is 127. The molecule has 124 valence electrons. The molecule has 3 heterocycles. The Morgan fingerprint density at radius 2 is 2.00 bits per heavy atom. The summed E-state index contributed by atoms with van der Waals surface area (Å²) in [7, 11) is 1.84. The average Bonchev–Trinajstić information content (AvgIpc) is 2.96. The van der Waals surface area contributed by atoms with Gasteiger partial charge in [0.15, 0.2) is 17.3 Å². The maximum absolute atomic E-state index is 4.74. The normalized spacial score (nSPS) is 12.2. The van der Waals surface area contributed by atoms with E-state index in [9.17, 15) is 0 Å². The van der Waals surface area contributed by atoms with Crippen LogP contribution in [-0.4, -0.2) is 31.2 Å². The molecule has 7 heteroatoms. The van der Waals surface area contributed by atoms with Crippen LogP contribution in [0.5, 0.6) is 0 Å². The molecule has 0 aliphatic rings. The third-order valence-electron chi connectivity index (χ3n) is 3.65. The number of imidazole rings is 1. The van der Waals surface area contributed by atoms with Crippen LogP contribution >= 0.6 is 22.6 Å². The van der Waals surface area contributed by atoms with E-state index in [1.165, 1.54) is 0 Å². The number of hydrogen-bond acceptors (Lipinski definition) is 5. The molecule has 0 aliphatic carbocycles. The van der Waals surface area contributed by atoms with E-state index in [2.05, 4.69) is 68.6 Å². The highest BCUT2D eigenvalue weighted by Gasteiger charge is 2.17. The van der Waals surface area contributed by atoms with Crippen molar-refractivity contribution in [2.75, 3.05) is 12.4 Å². The zero-order chi connectivity index (χ0) is 17.3. The van der Waals surface area contributed by atoms with Crippen LogP contribution in [0.4, 0.5) is 11.5 Å². The molecule has 0 unspecified atom stereocenters. The molecular formula is C17H19IN6. The number of hydrogen-bond donors (Lipinski definition) is 2. The van der Waals surface area contributed by atoms with Crippen molar-refractivity contribution < 1.29 is 0 Å². The number of aliphatic imine (C=N–C) groups is 1. The second-order valence-corrected chi connectivity index (χ2v) is 7.00. The Bertz CT molecular complexity index is 907. The molecule has 0 amide bonds. The predicted molar refractivity (Wildman–Crippen MR) is 108 cm³/mol. The maximum atomic E-state index is 4.74. The molecule has 0 fully saturated rings. The number of anilines is 1. The fraction of sp³-hybridized carbons (Fsp3) is 0.294. The van der Waals surface area contributed by atoms with E-state index in [-0.39, 0.29) is 5.41 Å². The van der Waals surface area contributed by atoms with Crippen LogP contribution in [0.15, 0.2) is 29.3 Å². The van der Waals surface area contributed by atoms with Crippen molar-refractivity contribution in [3.8, 4) is 11.5 Å². The van der Waals surface area contributed by atoms with Gasteiger partial charge in [-0.1, -0.05) is 26.8 Å². The second kappa shape index (κ2) is 6.46. The Hall–Kier alpha value is -2.03. The third kappa shape index (κ3) is 3.26. The number of H-pyrrole nitrogens is 1. The maximum Gasteiger partial charge on any atom is 0.178 e. The van der Waals surface area contributed by atoms with Gasteiger partial charge in [0.05, 0.1) is 9.91 Å². The lowest BCUT2D eigenvalue weighted by Crippen LogP contribution is -2.13. The molecule has 0 aromatic carbocycles. The molecule has 6 nitrogen and oxygen atoms in total. The van der Waals surface area contributed by atoms with Crippen molar-refractivity contribution in [2.24, 2.45) is 4.99 Å². The Morgan fingerprint density at radius 3 is 2.67 bits per heavy atom. The lowest BCUT2D eigenvalue weighted by atomic mass is 9.91. The Morgan fingerprint density at radius 1 is 1.21 bits per heavy atom. The van der Waals surface area contributed by atoms with Crippen molar-refractivity contribution in [3.05, 3.63) is 30.0 Å². The molecule has 0 radical (unpaired) electrons. The summed E-state index contributed by atoms with van der Waals surface area (Å²) >= 11 is 2.08. The highest BCUT2D eigenvalue weighted by Crippen LogP contribution is 2.28. The molecule has 0 saturated carbocycles. The van der Waals surface area contributed by atoms with Crippen molar-refractivity contribution in [2.45, 2.75) is 26.2 Å². The molecule has 3 rings (SSSR count). The van der Waals surface area contributed by atoms with E-state index in [1.54, 1.807) is 4.22 Å². The fourth-order valence-electron chi connectivity index (χ4n) is 2.37. The van der Waals surface area contributed by atoms with Gasteiger partial charge in [0, 0.05) is 18.2 Å². The summed E-state index contributed by atoms with van der Waals surface area (Å²) in [6.45, 7) is 6.44. The van der Waals surface area contributed by atoms with Crippen molar-refractivity contribution in [3.63, 3.8) is 0 Å². The van der Waals surface area contributed by atoms with Crippen LogP contribution in [-0.2, 0) is 5.41 Å². The van der Waals surface area contributed by atoms with E-state index in [1.807, 2.05) is 31.3 Å². The van der Waals surface area contributed by atoms with Crippen LogP contribution in [0, 0.1) is 0 Å². The summed E-state index contributed by atoms with van der Waals surface area (Å²) in [6, 6.07) is 7.94. The Balaban J connectivity index is 2.11. The molecule has 3 aromatic heterocycles. The van der Waals surface area contributed by atoms with Gasteiger partial charge < -0.3 is 10.3 Å². The van der Waals surface area contributed by atoms with E-state index in [4.69, 9.17) is 4.98 Å². The number of pyridine rings is 2. The van der Waals surface area contributed by atoms with E-state index < -0.39 is 0 Å². The summed E-state index contributed by atoms with van der Waals surface area (Å²) in [5.41, 5.74) is 4.14. The van der Waals surface area contributed by atoms with Crippen molar-refractivity contribution in [1.82, 2.24) is 19.9 Å². The lowest BCUT2D eigenvalue weighted by Gasteiger charge is -2.17. The SMILES string of the molecule is CNc1cc2nc(-c3cccc(C(C)(C)C)n3)[nH]c2nc1/N=C/I. The molecule has 3 aromatic rings. The molecule has 0 bridgehead atoms. The number of halogens is 1. The van der Waals surface area contributed by atoms with Crippen LogP contribution < -0.4 is 5.32 Å². The van der Waals surface area contributed by atoms with E-state index in [0.717, 1.165) is 22.6 Å². The van der Waals surface area contributed by atoms with Gasteiger partial charge in [-0.05, 0) is 40.8 Å². The quantitative estimate of drug-likeness (QED) is 0.472. The Kier molecular flexibility index (Phi) is 4.53. The molecule has 0 aliphatic heterocycles. The first-order valence-corrected chi connectivity index (χ1v) is 8.86. The minimum atomic E-state index is -0.0122. The summed E-state index contributed by atoms with van der Waals surface area (Å²) in [6.07, 6.45) is 0. The summed E-state index contributed by atoms with van der Waals surface area (Å²) in [4.78, 5) is 21.5. The zero-order valence-electron chi connectivity index (χ0n) is 14.1. The number of aromatic nitrogens is 4. The van der Waals surface area contributed by atoms with Crippen LogP contribution in [0.25, 0.3) is 22.7 Å². The third-order valence-corrected chi connectivity index (χ3v) is 3.93. The standard InChI is InChI=1S/C17H19IN6/c1-17(2,3)13-7-5-6-10(21-13)15-22-12-8-11(19-4)14(20-9-18)23-16(12)24-15/h5-9,19H,1-4H3,(H,22,23,24)/b20-9+. The number of aromatic amines is 1. The van der Waals surface area contributed by atoms with Gasteiger partial charge in [-0.25, -0.2) is 19.9 Å². The highest BCUT2D eigenvalue weighted by molar-refractivity contribution is 14.1. The van der Waals surface area contributed by atoms with Gasteiger partial charge in [-0.3, -0.25) is 0 Å². The fourth-order valence-corrected chi connectivity index (χ4v) is 2.63. The molecule has 0 spiro atoms. The van der Waals surface area contributed by atoms with Crippen molar-refractivity contribution >= 4 is 49.5 Å². The second-order valence-electron chi connectivity index (χ2n) is 6.45. The average molecular weight is 434 g/mol. The Labute approximate surface area is 154 Å². The zero-order valence-corrected chi connectivity index (χ0v) is 16.2. The van der Waals surface area contributed by atoms with Crippen LogP contribution in [0.3, 0.4) is 0 Å². The van der Waals surface area contributed by atoms with Gasteiger partial charge in [0.25, 0.3) is 0 Å². The smallest absolute Gasteiger partial charge is 0.178 e. The van der Waals surface area contributed by atoms with Crippen LogP contribution in [0.2, 0.25) is 0 Å². The first kappa shape index (κ1) is 16.8. The number of nitrogens with zero attached hydrogens (tertiary/aromatic N) is 4. The number of nitrogens with one attached hydrogen (secondary N) is 2. The minimum Gasteiger partial charge on any atom is -0.385 e. The topological polar surface area (TPSA) is 78.9 Å². The first-order valence-electron chi connectivity index (χ1n) is 7.61. The summed E-state index contributed by atoms with van der Waals surface area (Å²) in [5, 5.41) is 3.10. The van der Waals surface area contributed by atoms with Gasteiger partial charge in [0.2, 0.25) is 0 Å². The van der Waals surface area contributed by atoms with Gasteiger partial charge in [0.1, 0.15) is 11.2 Å². The summed E-state index contributed by atoms with van der Waals surface area (Å²) < 4.78 is 1.69. The summed E-state index contributed by atoms with van der Waals surface area (Å²) in [5.74, 6) is 1.34. The number of rotatable bonds is 3. The van der Waals surface area contributed by atoms with Crippen LogP contribution in [0.1, 0.15) is 26.5 Å². The predicted octanol–water partition coefficient (Wildman–Crippen LogP) is 4.45. The largest absolute Gasteiger partial charge is 0.385 e. The van der Waals surface area contributed by atoms with Crippen molar-refractivity contribution in [1.29, 1.82) is 0 Å². The minimum absolute atomic E-state index is 0.0122. The molecule has 0 saturated heterocycles. The van der Waals surface area contributed by atoms with Gasteiger partial charge in [-0.15, -0.1) is 0 Å². The number of fused-ring (bicyclic) bond motifs is 1. The molecular weight excluding hydrogens is 415 g/mol. The monoisotopic (exact) mass is 434 g/mol.